The van der Waals surface area contributed by atoms with E-state index in [0.29, 0.717) is 5.69 Å². The summed E-state index contributed by atoms with van der Waals surface area (Å²) in [5.74, 6) is -0.617. The maximum absolute atomic E-state index is 13.5. The molecule has 0 bridgehead atoms. The first-order valence-corrected chi connectivity index (χ1v) is 12.4. The van der Waals surface area contributed by atoms with Crippen LogP contribution < -0.4 is 10.6 Å². The summed E-state index contributed by atoms with van der Waals surface area (Å²) in [6, 6.07) is 28.0. The van der Waals surface area contributed by atoms with Gasteiger partial charge in [-0.15, -0.1) is 11.8 Å². The normalized spacial score (nSPS) is 11.4. The molecule has 0 heterocycles. The van der Waals surface area contributed by atoms with E-state index in [4.69, 9.17) is 0 Å². The van der Waals surface area contributed by atoms with Crippen LogP contribution in [-0.4, -0.2) is 16.7 Å². The Hall–Kier alpha value is -4.43. The largest absolute Gasteiger partial charge is 0.325 e. The van der Waals surface area contributed by atoms with Crippen molar-refractivity contribution in [1.29, 1.82) is 0 Å². The number of hydrogen-bond donors (Lipinski definition) is 2. The minimum absolute atomic E-state index is 0.155. The average molecular weight is 512 g/mol. The number of nitro groups is 1. The molecule has 4 aromatic carbocycles. The Bertz CT molecular complexity index is 1460. The molecule has 7 nitrogen and oxygen atoms in total. The first-order valence-electron chi connectivity index (χ1n) is 11.6. The fraction of sp³-hybridized carbons (Fsp3) is 0.103. The monoisotopic (exact) mass is 511 g/mol. The van der Waals surface area contributed by atoms with E-state index < -0.39 is 16.1 Å². The molecule has 8 heteroatoms. The van der Waals surface area contributed by atoms with Gasteiger partial charge < -0.3 is 10.6 Å². The second-order valence-electron chi connectivity index (χ2n) is 8.43. The highest BCUT2D eigenvalue weighted by Crippen LogP contribution is 2.37. The summed E-state index contributed by atoms with van der Waals surface area (Å²) < 4.78 is 0. The SMILES string of the molecule is Cc1cccc(NC(=O)C(Sc2cccc(NC(=O)c3cccc([N+](=O)[O-])c3)c2)c2ccccc2)c1C. The number of hydrogen-bond acceptors (Lipinski definition) is 5. The molecule has 1 unspecified atom stereocenters. The standard InChI is InChI=1S/C29H25N3O4S/c1-19-9-6-16-26(20(19)2)31-29(34)27(21-10-4-3-5-11-21)37-25-15-8-13-23(18-25)30-28(33)22-12-7-14-24(17-22)32(35)36/h3-18,27H,1-2H3,(H,30,33)(H,31,34). The van der Waals surface area contributed by atoms with Crippen molar-refractivity contribution < 1.29 is 14.5 Å². The fourth-order valence-electron chi connectivity index (χ4n) is 3.73. The van der Waals surface area contributed by atoms with Crippen molar-refractivity contribution in [3.05, 3.63) is 129 Å². The Balaban J connectivity index is 1.55. The lowest BCUT2D eigenvalue weighted by atomic mass is 10.1. The molecular weight excluding hydrogens is 486 g/mol. The van der Waals surface area contributed by atoms with E-state index in [9.17, 15) is 19.7 Å². The van der Waals surface area contributed by atoms with E-state index in [-0.39, 0.29) is 17.2 Å². The third-order valence-electron chi connectivity index (χ3n) is 5.87. The van der Waals surface area contributed by atoms with Crippen LogP contribution in [0, 0.1) is 24.0 Å². The molecule has 0 saturated carbocycles. The minimum Gasteiger partial charge on any atom is -0.325 e. The van der Waals surface area contributed by atoms with E-state index >= 15 is 0 Å². The van der Waals surface area contributed by atoms with Gasteiger partial charge in [0.25, 0.3) is 11.6 Å². The molecule has 4 rings (SSSR count). The number of non-ortho nitro benzene ring substituents is 1. The molecule has 0 aromatic heterocycles. The van der Waals surface area contributed by atoms with Gasteiger partial charge in [0, 0.05) is 34.0 Å². The van der Waals surface area contributed by atoms with Gasteiger partial charge >= 0.3 is 0 Å². The van der Waals surface area contributed by atoms with E-state index in [1.807, 2.05) is 68.4 Å². The molecule has 4 aromatic rings. The molecule has 1 atom stereocenters. The van der Waals surface area contributed by atoms with Crippen molar-refractivity contribution in [1.82, 2.24) is 0 Å². The molecule has 0 saturated heterocycles. The van der Waals surface area contributed by atoms with Gasteiger partial charge in [-0.2, -0.15) is 0 Å². The lowest BCUT2D eigenvalue weighted by Crippen LogP contribution is -2.19. The highest BCUT2D eigenvalue weighted by atomic mass is 32.2. The molecule has 0 radical (unpaired) electrons. The first kappa shape index (κ1) is 25.7. The Morgan fingerprint density at radius 1 is 0.838 bits per heavy atom. The second-order valence-corrected chi connectivity index (χ2v) is 9.61. The van der Waals surface area contributed by atoms with E-state index in [1.165, 1.54) is 36.0 Å². The topological polar surface area (TPSA) is 101 Å². The summed E-state index contributed by atoms with van der Waals surface area (Å²) in [6.45, 7) is 3.98. The smallest absolute Gasteiger partial charge is 0.270 e. The predicted molar refractivity (Wildman–Crippen MR) is 147 cm³/mol. The number of carbonyl (C=O) groups is 2. The first-order chi connectivity index (χ1) is 17.8. The minimum atomic E-state index is -0.541. The Morgan fingerprint density at radius 3 is 2.32 bits per heavy atom. The van der Waals surface area contributed by atoms with E-state index in [0.717, 1.165) is 27.3 Å². The number of nitro benzene ring substituents is 1. The quantitative estimate of drug-likeness (QED) is 0.152. The number of thioether (sulfide) groups is 1. The molecule has 0 aliphatic heterocycles. The van der Waals surface area contributed by atoms with Crippen LogP contribution in [0.4, 0.5) is 17.1 Å². The highest BCUT2D eigenvalue weighted by Gasteiger charge is 2.23. The summed E-state index contributed by atoms with van der Waals surface area (Å²) in [5.41, 5.74) is 4.27. The van der Waals surface area contributed by atoms with Crippen LogP contribution in [0.5, 0.6) is 0 Å². The number of anilines is 2. The summed E-state index contributed by atoms with van der Waals surface area (Å²) >= 11 is 1.37. The van der Waals surface area contributed by atoms with Crippen LogP contribution in [0.3, 0.4) is 0 Å². The number of amides is 2. The molecule has 0 aliphatic carbocycles. The predicted octanol–water partition coefficient (Wildman–Crippen LogP) is 6.94. The lowest BCUT2D eigenvalue weighted by Gasteiger charge is -2.19. The van der Waals surface area contributed by atoms with Gasteiger partial charge in [-0.05, 0) is 60.9 Å². The van der Waals surface area contributed by atoms with Crippen LogP contribution in [0.25, 0.3) is 0 Å². The average Bonchev–Trinajstić information content (AvgIpc) is 2.90. The number of rotatable bonds is 8. The highest BCUT2D eigenvalue weighted by molar-refractivity contribution is 8.00. The Morgan fingerprint density at radius 2 is 1.57 bits per heavy atom. The van der Waals surface area contributed by atoms with Crippen LogP contribution in [0.1, 0.15) is 32.3 Å². The van der Waals surface area contributed by atoms with Crippen LogP contribution in [-0.2, 0) is 4.79 Å². The van der Waals surface area contributed by atoms with Crippen molar-refractivity contribution in [2.24, 2.45) is 0 Å². The van der Waals surface area contributed by atoms with Gasteiger partial charge in [-0.3, -0.25) is 19.7 Å². The van der Waals surface area contributed by atoms with E-state index in [2.05, 4.69) is 10.6 Å². The number of nitrogens with one attached hydrogen (secondary N) is 2. The zero-order valence-electron chi connectivity index (χ0n) is 20.3. The van der Waals surface area contributed by atoms with Crippen molar-refractivity contribution in [2.75, 3.05) is 10.6 Å². The third-order valence-corrected chi connectivity index (χ3v) is 7.12. The molecule has 0 aliphatic rings. The number of aryl methyl sites for hydroxylation is 1. The zero-order chi connectivity index (χ0) is 26.4. The molecule has 186 valence electrons. The van der Waals surface area contributed by atoms with Crippen LogP contribution >= 0.6 is 11.8 Å². The second kappa shape index (κ2) is 11.5. The van der Waals surface area contributed by atoms with Crippen LogP contribution in [0.15, 0.2) is 102 Å². The molecule has 37 heavy (non-hydrogen) atoms. The third kappa shape index (κ3) is 6.42. The summed E-state index contributed by atoms with van der Waals surface area (Å²) in [5, 5.41) is 16.4. The number of nitrogens with zero attached hydrogens (tertiary/aromatic N) is 1. The van der Waals surface area contributed by atoms with Gasteiger partial charge in [-0.25, -0.2) is 0 Å². The van der Waals surface area contributed by atoms with Crippen molar-refractivity contribution in [2.45, 2.75) is 24.0 Å². The van der Waals surface area contributed by atoms with Crippen molar-refractivity contribution >= 4 is 40.6 Å². The number of benzene rings is 4. The maximum Gasteiger partial charge on any atom is 0.270 e. The summed E-state index contributed by atoms with van der Waals surface area (Å²) in [6.07, 6.45) is 0. The van der Waals surface area contributed by atoms with Crippen molar-refractivity contribution in [3.63, 3.8) is 0 Å². The Kier molecular flexibility index (Phi) is 8.00. The molecule has 2 amide bonds. The van der Waals surface area contributed by atoms with Crippen LogP contribution in [0.2, 0.25) is 0 Å². The zero-order valence-corrected chi connectivity index (χ0v) is 21.1. The summed E-state index contributed by atoms with van der Waals surface area (Å²) in [7, 11) is 0. The molecular formula is C29H25N3O4S. The Labute approximate surface area is 219 Å². The number of carbonyl (C=O) groups excluding carboxylic acids is 2. The van der Waals surface area contributed by atoms with Gasteiger partial charge in [0.1, 0.15) is 5.25 Å². The molecule has 0 spiro atoms. The maximum atomic E-state index is 13.5. The van der Waals surface area contributed by atoms with Gasteiger partial charge in [0.2, 0.25) is 5.91 Å². The van der Waals surface area contributed by atoms with Gasteiger partial charge in [-0.1, -0.05) is 54.6 Å². The van der Waals surface area contributed by atoms with E-state index in [1.54, 1.807) is 18.2 Å². The van der Waals surface area contributed by atoms with Crippen molar-refractivity contribution in [3.8, 4) is 0 Å². The fourth-order valence-corrected chi connectivity index (χ4v) is 4.82. The summed E-state index contributed by atoms with van der Waals surface area (Å²) in [4.78, 5) is 37.5. The lowest BCUT2D eigenvalue weighted by molar-refractivity contribution is -0.384. The van der Waals surface area contributed by atoms with Gasteiger partial charge in [0.15, 0.2) is 0 Å². The molecule has 2 N–H and O–H groups in total. The van der Waals surface area contributed by atoms with Gasteiger partial charge in [0.05, 0.1) is 4.92 Å². The molecule has 0 fully saturated rings.